The van der Waals surface area contributed by atoms with Crippen LogP contribution in [0.4, 0.5) is 0 Å². The molecule has 1 aliphatic rings. The topological polar surface area (TPSA) is 49.4 Å². The van der Waals surface area contributed by atoms with Gasteiger partial charge in [-0.3, -0.25) is 0 Å². The van der Waals surface area contributed by atoms with E-state index in [-0.39, 0.29) is 5.41 Å². The molecule has 0 aliphatic heterocycles. The lowest BCUT2D eigenvalue weighted by Crippen LogP contribution is -2.20. The van der Waals surface area contributed by atoms with E-state index < -0.39 is 0 Å². The van der Waals surface area contributed by atoms with Crippen molar-refractivity contribution >= 4 is 10.9 Å². The van der Waals surface area contributed by atoms with E-state index in [0.29, 0.717) is 6.54 Å². The number of nitrogens with zero attached hydrogens (tertiary/aromatic N) is 1. The standard InChI is InChI=1S/C16H22N2O2/c1-10-14(16(9-17)5-6-16)12-7-11(19-3)8-13(20-4)15(12)18(10)2/h7-8H,5-6,9,17H2,1-4H3. The van der Waals surface area contributed by atoms with Gasteiger partial charge in [-0.05, 0) is 31.4 Å². The first kappa shape index (κ1) is 13.3. The third kappa shape index (κ3) is 1.64. The lowest BCUT2D eigenvalue weighted by molar-refractivity contribution is 0.397. The lowest BCUT2D eigenvalue weighted by atomic mass is 9.93. The second-order valence-corrected chi connectivity index (χ2v) is 5.73. The molecule has 0 spiro atoms. The van der Waals surface area contributed by atoms with E-state index in [1.807, 2.05) is 6.07 Å². The van der Waals surface area contributed by atoms with Gasteiger partial charge < -0.3 is 19.8 Å². The molecule has 2 aromatic rings. The Kier molecular flexibility index (Phi) is 2.94. The van der Waals surface area contributed by atoms with Crippen molar-refractivity contribution in [1.82, 2.24) is 4.57 Å². The number of hydrogen-bond donors (Lipinski definition) is 1. The molecule has 1 aromatic heterocycles. The number of methoxy groups -OCH3 is 2. The SMILES string of the molecule is COc1cc(OC)c2c(c1)c(C1(CN)CC1)c(C)n2C. The summed E-state index contributed by atoms with van der Waals surface area (Å²) in [6.07, 6.45) is 2.34. The maximum Gasteiger partial charge on any atom is 0.146 e. The zero-order valence-electron chi connectivity index (χ0n) is 12.6. The predicted molar refractivity (Wildman–Crippen MR) is 80.7 cm³/mol. The summed E-state index contributed by atoms with van der Waals surface area (Å²) in [6, 6.07) is 4.05. The first-order valence-corrected chi connectivity index (χ1v) is 6.99. The van der Waals surface area contributed by atoms with Crippen LogP contribution >= 0.6 is 0 Å². The van der Waals surface area contributed by atoms with Crippen molar-refractivity contribution in [2.24, 2.45) is 12.8 Å². The number of hydrogen-bond acceptors (Lipinski definition) is 3. The van der Waals surface area contributed by atoms with E-state index in [1.165, 1.54) is 29.5 Å². The van der Waals surface area contributed by atoms with E-state index in [2.05, 4.69) is 24.6 Å². The van der Waals surface area contributed by atoms with Crippen LogP contribution in [0.3, 0.4) is 0 Å². The summed E-state index contributed by atoms with van der Waals surface area (Å²) < 4.78 is 13.2. The molecular weight excluding hydrogens is 252 g/mol. The molecule has 1 saturated carbocycles. The van der Waals surface area contributed by atoms with E-state index in [1.54, 1.807) is 14.2 Å². The molecule has 1 aromatic carbocycles. The van der Waals surface area contributed by atoms with Gasteiger partial charge in [-0.1, -0.05) is 0 Å². The first-order valence-electron chi connectivity index (χ1n) is 6.99. The highest BCUT2D eigenvalue weighted by Gasteiger charge is 2.46. The molecular formula is C16H22N2O2. The molecule has 0 saturated heterocycles. The highest BCUT2D eigenvalue weighted by molar-refractivity contribution is 5.93. The molecule has 1 heterocycles. The van der Waals surface area contributed by atoms with Crippen LogP contribution in [0.5, 0.6) is 11.5 Å². The van der Waals surface area contributed by atoms with Gasteiger partial charge in [0, 0.05) is 36.2 Å². The van der Waals surface area contributed by atoms with E-state index >= 15 is 0 Å². The van der Waals surface area contributed by atoms with Crippen LogP contribution in [0.2, 0.25) is 0 Å². The van der Waals surface area contributed by atoms with Gasteiger partial charge in [0.05, 0.1) is 19.7 Å². The minimum absolute atomic E-state index is 0.154. The van der Waals surface area contributed by atoms with E-state index in [9.17, 15) is 0 Å². The minimum atomic E-state index is 0.154. The number of nitrogens with two attached hydrogens (primary N) is 1. The molecule has 1 aliphatic carbocycles. The van der Waals surface area contributed by atoms with E-state index in [4.69, 9.17) is 15.2 Å². The van der Waals surface area contributed by atoms with Crippen molar-refractivity contribution in [2.45, 2.75) is 25.2 Å². The van der Waals surface area contributed by atoms with Crippen LogP contribution in [0.15, 0.2) is 12.1 Å². The second kappa shape index (κ2) is 4.42. The molecule has 0 amide bonds. The van der Waals surface area contributed by atoms with Gasteiger partial charge in [-0.15, -0.1) is 0 Å². The zero-order valence-corrected chi connectivity index (χ0v) is 12.6. The summed E-state index contributed by atoms with van der Waals surface area (Å²) in [4.78, 5) is 0. The van der Waals surface area contributed by atoms with Crippen LogP contribution in [0.1, 0.15) is 24.1 Å². The molecule has 4 heteroatoms. The Labute approximate surface area is 119 Å². The Hall–Kier alpha value is -1.68. The number of aryl methyl sites for hydroxylation is 1. The summed E-state index contributed by atoms with van der Waals surface area (Å²) in [5.41, 5.74) is 9.96. The quantitative estimate of drug-likeness (QED) is 0.932. The monoisotopic (exact) mass is 274 g/mol. The minimum Gasteiger partial charge on any atom is -0.497 e. The summed E-state index contributed by atoms with van der Waals surface area (Å²) >= 11 is 0. The Morgan fingerprint density at radius 1 is 1.25 bits per heavy atom. The molecule has 1 fully saturated rings. The van der Waals surface area contributed by atoms with Gasteiger partial charge in [0.1, 0.15) is 11.5 Å². The molecule has 0 unspecified atom stereocenters. The smallest absolute Gasteiger partial charge is 0.146 e. The maximum absolute atomic E-state index is 6.04. The van der Waals surface area contributed by atoms with Crippen molar-refractivity contribution in [2.75, 3.05) is 20.8 Å². The fraction of sp³-hybridized carbons (Fsp3) is 0.500. The molecule has 0 bridgehead atoms. The van der Waals surface area contributed by atoms with Crippen molar-refractivity contribution in [3.05, 3.63) is 23.4 Å². The first-order chi connectivity index (χ1) is 9.57. The van der Waals surface area contributed by atoms with Crippen LogP contribution in [0.25, 0.3) is 10.9 Å². The Morgan fingerprint density at radius 2 is 1.95 bits per heavy atom. The highest BCUT2D eigenvalue weighted by Crippen LogP contribution is 2.52. The summed E-state index contributed by atoms with van der Waals surface area (Å²) in [5.74, 6) is 1.68. The molecule has 3 rings (SSSR count). The van der Waals surface area contributed by atoms with Crippen molar-refractivity contribution in [3.63, 3.8) is 0 Å². The molecule has 20 heavy (non-hydrogen) atoms. The Bertz CT molecular complexity index is 669. The van der Waals surface area contributed by atoms with Gasteiger partial charge in [0.2, 0.25) is 0 Å². The average Bonchev–Trinajstić information content (AvgIpc) is 3.21. The number of ether oxygens (including phenoxy) is 2. The molecule has 2 N–H and O–H groups in total. The molecule has 0 atom stereocenters. The zero-order chi connectivity index (χ0) is 14.5. The molecule has 0 radical (unpaired) electrons. The predicted octanol–water partition coefficient (Wildman–Crippen LogP) is 2.49. The largest absolute Gasteiger partial charge is 0.497 e. The van der Waals surface area contributed by atoms with Crippen LogP contribution in [0, 0.1) is 6.92 Å². The van der Waals surface area contributed by atoms with Gasteiger partial charge in [-0.25, -0.2) is 0 Å². The molecule has 4 nitrogen and oxygen atoms in total. The third-order valence-corrected chi connectivity index (χ3v) is 4.75. The summed E-state index contributed by atoms with van der Waals surface area (Å²) in [6.45, 7) is 2.86. The normalized spacial score (nSPS) is 16.4. The van der Waals surface area contributed by atoms with Gasteiger partial charge in [-0.2, -0.15) is 0 Å². The van der Waals surface area contributed by atoms with Crippen LogP contribution < -0.4 is 15.2 Å². The van der Waals surface area contributed by atoms with Crippen LogP contribution in [-0.4, -0.2) is 25.3 Å². The highest BCUT2D eigenvalue weighted by atomic mass is 16.5. The van der Waals surface area contributed by atoms with Crippen molar-refractivity contribution < 1.29 is 9.47 Å². The fourth-order valence-electron chi connectivity index (χ4n) is 3.30. The average molecular weight is 274 g/mol. The van der Waals surface area contributed by atoms with Crippen molar-refractivity contribution in [3.8, 4) is 11.5 Å². The van der Waals surface area contributed by atoms with Crippen molar-refractivity contribution in [1.29, 1.82) is 0 Å². The lowest BCUT2D eigenvalue weighted by Gasteiger charge is -2.14. The Balaban J connectivity index is 2.38. The Morgan fingerprint density at radius 3 is 2.45 bits per heavy atom. The number of benzene rings is 1. The second-order valence-electron chi connectivity index (χ2n) is 5.73. The fourth-order valence-corrected chi connectivity index (χ4v) is 3.30. The summed E-state index contributed by atoms with van der Waals surface area (Å²) in [7, 11) is 5.47. The number of fused-ring (bicyclic) bond motifs is 1. The van der Waals surface area contributed by atoms with E-state index in [0.717, 1.165) is 17.0 Å². The van der Waals surface area contributed by atoms with Gasteiger partial charge >= 0.3 is 0 Å². The van der Waals surface area contributed by atoms with Gasteiger partial charge in [0.15, 0.2) is 0 Å². The molecule has 108 valence electrons. The third-order valence-electron chi connectivity index (χ3n) is 4.75. The van der Waals surface area contributed by atoms with Crippen LogP contribution in [-0.2, 0) is 12.5 Å². The maximum atomic E-state index is 6.04. The number of aromatic nitrogens is 1. The summed E-state index contributed by atoms with van der Waals surface area (Å²) in [5, 5.41) is 1.21. The number of rotatable bonds is 4. The van der Waals surface area contributed by atoms with Gasteiger partial charge in [0.25, 0.3) is 0 Å².